The van der Waals surface area contributed by atoms with Gasteiger partial charge in [0.2, 0.25) is 0 Å². The third-order valence-corrected chi connectivity index (χ3v) is 23.3. The van der Waals surface area contributed by atoms with Crippen molar-refractivity contribution in [2.24, 2.45) is 0 Å². The third-order valence-electron chi connectivity index (χ3n) is 8.93. The van der Waals surface area contributed by atoms with E-state index in [9.17, 15) is 26.3 Å². The molecule has 10 heteroatoms. The molecule has 0 fully saturated rings. The molecule has 0 saturated heterocycles. The molecule has 0 N–H and O–H groups in total. The Hall–Kier alpha value is -2.12. The Labute approximate surface area is 272 Å². The summed E-state index contributed by atoms with van der Waals surface area (Å²) < 4.78 is 84.4. The van der Waals surface area contributed by atoms with Gasteiger partial charge in [-0.15, -0.1) is 0 Å². The second-order valence-electron chi connectivity index (χ2n) is 12.2. The van der Waals surface area contributed by atoms with Crippen LogP contribution in [0.2, 0.25) is 0 Å². The zero-order chi connectivity index (χ0) is 32.5. The van der Waals surface area contributed by atoms with E-state index >= 15 is 0 Å². The summed E-state index contributed by atoms with van der Waals surface area (Å²) in [6, 6.07) is 20.1. The molecule has 4 aromatic carbocycles. The molecule has 6 rings (SSSR count). The molecule has 0 saturated carbocycles. The minimum atomic E-state index is -4.95. The number of hydrogen-bond acceptors (Lipinski definition) is 0. The molecule has 0 amide bonds. The van der Waals surface area contributed by atoms with E-state index in [4.69, 9.17) is 17.0 Å². The van der Waals surface area contributed by atoms with Gasteiger partial charge in [0, 0.05) is 0 Å². The van der Waals surface area contributed by atoms with Gasteiger partial charge in [0.25, 0.3) is 0 Å². The van der Waals surface area contributed by atoms with Crippen molar-refractivity contribution in [2.45, 2.75) is 55.5 Å². The average Bonchev–Trinajstić information content (AvgIpc) is 3.54. The number of alkyl halides is 6. The maximum absolute atomic E-state index is 14.0. The summed E-state index contributed by atoms with van der Waals surface area (Å²) in [5, 5.41) is 2.58. The zero-order valence-electron chi connectivity index (χ0n) is 24.8. The van der Waals surface area contributed by atoms with Crippen molar-refractivity contribution in [3.63, 3.8) is 0 Å². The van der Waals surface area contributed by atoms with Crippen molar-refractivity contribution in [3.8, 4) is 22.3 Å². The normalized spacial score (nSPS) is 16.6. The number of rotatable bonds is 6. The fourth-order valence-corrected chi connectivity index (χ4v) is 23.9. The Balaban J connectivity index is 1.58. The van der Waals surface area contributed by atoms with Gasteiger partial charge in [-0.1, -0.05) is 0 Å². The van der Waals surface area contributed by atoms with Crippen molar-refractivity contribution in [1.29, 1.82) is 0 Å². The molecule has 2 aliphatic rings. The second kappa shape index (κ2) is 11.8. The predicted molar refractivity (Wildman–Crippen MR) is 173 cm³/mol. The van der Waals surface area contributed by atoms with E-state index in [0.29, 0.717) is 23.1 Å². The van der Waals surface area contributed by atoms with E-state index < -0.39 is 50.9 Å². The Morgan fingerprint density at radius 2 is 1.47 bits per heavy atom. The number of halogens is 8. The molecular weight excluding hydrogens is 725 g/mol. The van der Waals surface area contributed by atoms with Crippen LogP contribution in [0.25, 0.3) is 28.3 Å². The molecule has 0 nitrogen and oxygen atoms in total. The molecule has 0 aromatic heterocycles. The first-order valence-corrected chi connectivity index (χ1v) is 25.3. The summed E-state index contributed by atoms with van der Waals surface area (Å²) in [6.07, 6.45) is -6.51. The molecule has 1 unspecified atom stereocenters. The summed E-state index contributed by atoms with van der Waals surface area (Å²) in [4.78, 5) is 0. The number of benzene rings is 4. The fraction of sp³-hybridized carbons (Fsp3) is 0.257. The van der Waals surface area contributed by atoms with E-state index in [1.807, 2.05) is 63.2 Å². The van der Waals surface area contributed by atoms with Crippen LogP contribution in [0.3, 0.4) is 0 Å². The van der Waals surface area contributed by atoms with Crippen LogP contribution in [-0.4, -0.2) is 9.52 Å². The summed E-state index contributed by atoms with van der Waals surface area (Å²) in [6.45, 7) is 5.80. The molecule has 0 spiro atoms. The van der Waals surface area contributed by atoms with Crippen LogP contribution in [0.4, 0.5) is 26.3 Å². The van der Waals surface area contributed by atoms with Crippen molar-refractivity contribution in [1.82, 2.24) is 0 Å². The van der Waals surface area contributed by atoms with E-state index in [1.54, 1.807) is 0 Å². The van der Waals surface area contributed by atoms with Crippen LogP contribution >= 0.6 is 17.0 Å². The molecule has 4 aromatic rings. The number of fused-ring (bicyclic) bond motifs is 4. The SMILES string of the molecule is CCCC1=Cc2c(ccc(C(C)C)c2-c2cc(C(F)(F)F)cc(C(F)(F)F)c2)[CH]1[Zr]([Cl])([Cl])[c]1cccc2c1[SiH2]c1ccccc1-2. The first-order chi connectivity index (χ1) is 21.1. The Morgan fingerprint density at radius 1 is 0.822 bits per heavy atom. The topological polar surface area (TPSA) is 0 Å². The molecule has 0 bridgehead atoms. The van der Waals surface area contributed by atoms with E-state index in [2.05, 4.69) is 18.2 Å². The van der Waals surface area contributed by atoms with E-state index in [0.717, 1.165) is 38.5 Å². The summed E-state index contributed by atoms with van der Waals surface area (Å²) in [5.74, 6) is -0.168. The van der Waals surface area contributed by atoms with E-state index in [1.165, 1.54) is 15.9 Å². The minimum absolute atomic E-state index is 0.112. The van der Waals surface area contributed by atoms with Crippen molar-refractivity contribution in [3.05, 3.63) is 106 Å². The van der Waals surface area contributed by atoms with Gasteiger partial charge in [-0.2, -0.15) is 0 Å². The second-order valence-corrected chi connectivity index (χ2v) is 28.0. The molecule has 1 atom stereocenters. The summed E-state index contributed by atoms with van der Waals surface area (Å²) >= 11 is -4.40. The molecule has 0 radical (unpaired) electrons. The van der Waals surface area contributed by atoms with Gasteiger partial charge in [0.15, 0.2) is 0 Å². The molecular formula is C35H30Cl2F6SiZr. The Bertz CT molecular complexity index is 1810. The molecule has 45 heavy (non-hydrogen) atoms. The van der Waals surface area contributed by atoms with Gasteiger partial charge in [-0.05, 0) is 0 Å². The Morgan fingerprint density at radius 3 is 2.09 bits per heavy atom. The van der Waals surface area contributed by atoms with Crippen LogP contribution in [0, 0.1) is 0 Å². The monoisotopic (exact) mass is 752 g/mol. The first kappa shape index (κ1) is 32.8. The van der Waals surface area contributed by atoms with Gasteiger partial charge < -0.3 is 0 Å². The Kier molecular flexibility index (Phi) is 8.63. The average molecular weight is 755 g/mol. The quantitative estimate of drug-likeness (QED) is 0.120. The van der Waals surface area contributed by atoms with Crippen LogP contribution in [0.5, 0.6) is 0 Å². The van der Waals surface area contributed by atoms with E-state index in [-0.39, 0.29) is 21.2 Å². The van der Waals surface area contributed by atoms with Gasteiger partial charge in [-0.3, -0.25) is 0 Å². The van der Waals surface area contributed by atoms with Crippen LogP contribution in [0.1, 0.15) is 71.0 Å². The van der Waals surface area contributed by atoms with Gasteiger partial charge in [0.05, 0.1) is 0 Å². The number of allylic oxidation sites excluding steroid dienone is 1. The first-order valence-electron chi connectivity index (χ1n) is 14.9. The maximum atomic E-state index is 14.0. The van der Waals surface area contributed by atoms with Gasteiger partial charge in [0.1, 0.15) is 0 Å². The van der Waals surface area contributed by atoms with Crippen molar-refractivity contribution < 1.29 is 44.2 Å². The zero-order valence-corrected chi connectivity index (χ0v) is 30.2. The van der Waals surface area contributed by atoms with Crippen LogP contribution < -0.4 is 13.6 Å². The third kappa shape index (κ3) is 5.83. The van der Waals surface area contributed by atoms with Gasteiger partial charge >= 0.3 is 274 Å². The molecule has 1 aliphatic heterocycles. The molecule has 1 aliphatic carbocycles. The summed E-state index contributed by atoms with van der Waals surface area (Å²) in [5.41, 5.74) is 3.05. The summed E-state index contributed by atoms with van der Waals surface area (Å²) in [7, 11) is 14.5. The number of hydrogen-bond donors (Lipinski definition) is 0. The molecule has 234 valence electrons. The predicted octanol–water partition coefficient (Wildman–Crippen LogP) is 9.64. The van der Waals surface area contributed by atoms with Crippen molar-refractivity contribution >= 4 is 46.3 Å². The van der Waals surface area contributed by atoms with Crippen LogP contribution in [-0.2, 0) is 30.2 Å². The van der Waals surface area contributed by atoms with Crippen LogP contribution in [0.15, 0.2) is 78.4 Å². The van der Waals surface area contributed by atoms with Crippen molar-refractivity contribution in [2.75, 3.05) is 0 Å². The fourth-order valence-electron chi connectivity index (χ4n) is 6.99. The standard InChI is InChI=1S/C23H21F6.C12H9Si.2ClH.Zr/c1-4-5-14-8-15-6-7-19(13(2)3)21(20(15)9-14)16-10-17(22(24,25)26)12-18(11-16)23(27,28)29;1-3-7-11-9(5-1)10-6-2-4-8-12(10)13-11;;;/h6-13H,4-5H2,1-3H3;1-7H,13H2;2*1H;/q;;;;+2/p-2. The molecule has 1 heterocycles. The van der Waals surface area contributed by atoms with Gasteiger partial charge in [-0.25, -0.2) is 0 Å².